The Kier molecular flexibility index (Phi) is 8.58. The predicted octanol–water partition coefficient (Wildman–Crippen LogP) is 2.66. The van der Waals surface area contributed by atoms with Crippen LogP contribution in [0.4, 0.5) is 0 Å². The number of phenolic OH excluding ortho intramolecular Hbond substituents is 2. The molecule has 0 radical (unpaired) electrons. The zero-order valence-electron chi connectivity index (χ0n) is 9.19. The van der Waals surface area contributed by atoms with Crippen molar-refractivity contribution in [3.8, 4) is 11.5 Å². The molecule has 0 aliphatic heterocycles. The number of hydrogen-bond acceptors (Lipinski definition) is 3. The first-order chi connectivity index (χ1) is 7.20. The van der Waals surface area contributed by atoms with Crippen LogP contribution in [0.25, 0.3) is 0 Å². The average Bonchev–Trinajstić information content (AvgIpc) is 2.19. The maximum absolute atomic E-state index is 8.65. The van der Waals surface area contributed by atoms with E-state index < -0.39 is 0 Å². The molecule has 0 spiro atoms. The zero-order chi connectivity index (χ0) is 11.5. The molecule has 0 saturated carbocycles. The van der Waals surface area contributed by atoms with Gasteiger partial charge in [0.25, 0.3) is 0 Å². The van der Waals surface area contributed by atoms with Crippen LogP contribution in [-0.4, -0.2) is 21.9 Å². The van der Waals surface area contributed by atoms with Crippen LogP contribution < -0.4 is 0 Å². The van der Waals surface area contributed by atoms with E-state index in [1.807, 2.05) is 0 Å². The van der Waals surface area contributed by atoms with E-state index in [1.54, 1.807) is 6.07 Å². The van der Waals surface area contributed by atoms with E-state index >= 15 is 0 Å². The topological polar surface area (TPSA) is 60.7 Å². The second-order valence-corrected chi connectivity index (χ2v) is 3.30. The monoisotopic (exact) mass is 212 g/mol. The molecule has 3 nitrogen and oxygen atoms in total. The van der Waals surface area contributed by atoms with Crippen LogP contribution in [-0.2, 0) is 0 Å². The fourth-order valence-electron chi connectivity index (χ4n) is 1.03. The number of benzene rings is 1. The van der Waals surface area contributed by atoms with E-state index in [4.69, 9.17) is 15.3 Å². The molecule has 0 saturated heterocycles. The third kappa shape index (κ3) is 9.09. The van der Waals surface area contributed by atoms with Gasteiger partial charge in [-0.25, -0.2) is 0 Å². The molecule has 1 rings (SSSR count). The van der Waals surface area contributed by atoms with Crippen molar-refractivity contribution >= 4 is 0 Å². The number of aliphatic hydroxyl groups excluding tert-OH is 1. The molecule has 3 N–H and O–H groups in total. The first-order valence-corrected chi connectivity index (χ1v) is 5.29. The molecule has 0 aliphatic rings. The SMILES string of the molecule is CCCCCCO.Oc1cccc(O)c1. The highest BCUT2D eigenvalue weighted by Crippen LogP contribution is 2.14. The summed E-state index contributed by atoms with van der Waals surface area (Å²) in [5, 5.41) is 25.6. The van der Waals surface area contributed by atoms with Crippen molar-refractivity contribution in [2.45, 2.75) is 32.6 Å². The van der Waals surface area contributed by atoms with Crippen LogP contribution in [0.2, 0.25) is 0 Å². The second-order valence-electron chi connectivity index (χ2n) is 3.30. The van der Waals surface area contributed by atoms with Gasteiger partial charge in [-0.15, -0.1) is 0 Å². The maximum Gasteiger partial charge on any atom is 0.119 e. The van der Waals surface area contributed by atoms with E-state index in [-0.39, 0.29) is 11.5 Å². The lowest BCUT2D eigenvalue weighted by Crippen LogP contribution is -1.80. The highest BCUT2D eigenvalue weighted by molar-refractivity contribution is 5.30. The Morgan fingerprint density at radius 1 is 1.00 bits per heavy atom. The van der Waals surface area contributed by atoms with E-state index in [0.29, 0.717) is 6.61 Å². The lowest BCUT2D eigenvalue weighted by Gasteiger charge is -1.90. The summed E-state index contributed by atoms with van der Waals surface area (Å²) in [5.74, 6) is 0.176. The standard InChI is InChI=1S/C6H6O2.C6H14O/c7-5-2-1-3-6(8)4-5;1-2-3-4-5-6-7/h1-4,7-8H;7H,2-6H2,1H3. The van der Waals surface area contributed by atoms with Crippen molar-refractivity contribution in [3.63, 3.8) is 0 Å². The normalized spacial score (nSPS) is 9.20. The molecule has 0 unspecified atom stereocenters. The molecule has 0 heterocycles. The minimum absolute atomic E-state index is 0.0880. The van der Waals surface area contributed by atoms with E-state index in [0.717, 1.165) is 6.42 Å². The molecule has 0 aromatic heterocycles. The van der Waals surface area contributed by atoms with E-state index in [1.165, 1.54) is 37.5 Å². The van der Waals surface area contributed by atoms with Crippen LogP contribution >= 0.6 is 0 Å². The van der Waals surface area contributed by atoms with E-state index in [9.17, 15) is 0 Å². The van der Waals surface area contributed by atoms with Crippen LogP contribution in [0, 0.1) is 0 Å². The van der Waals surface area contributed by atoms with Crippen LogP contribution in [0.15, 0.2) is 24.3 Å². The average molecular weight is 212 g/mol. The van der Waals surface area contributed by atoms with Gasteiger partial charge in [-0.2, -0.15) is 0 Å². The quantitative estimate of drug-likeness (QED) is 0.672. The molecule has 15 heavy (non-hydrogen) atoms. The molecule has 0 amide bonds. The summed E-state index contributed by atoms with van der Waals surface area (Å²) in [7, 11) is 0. The minimum atomic E-state index is 0.0880. The van der Waals surface area contributed by atoms with Gasteiger partial charge < -0.3 is 15.3 Å². The Morgan fingerprint density at radius 3 is 1.93 bits per heavy atom. The molecule has 1 aromatic rings. The molecule has 86 valence electrons. The van der Waals surface area contributed by atoms with Gasteiger partial charge in [-0.1, -0.05) is 32.3 Å². The summed E-state index contributed by atoms with van der Waals surface area (Å²) in [6.45, 7) is 2.53. The minimum Gasteiger partial charge on any atom is -0.508 e. The van der Waals surface area contributed by atoms with Crippen molar-refractivity contribution in [3.05, 3.63) is 24.3 Å². The molecule has 0 atom stereocenters. The lowest BCUT2D eigenvalue weighted by atomic mass is 10.2. The van der Waals surface area contributed by atoms with Gasteiger partial charge in [0.1, 0.15) is 11.5 Å². The smallest absolute Gasteiger partial charge is 0.119 e. The summed E-state index contributed by atoms with van der Waals surface area (Å²) in [6, 6.07) is 5.85. The Balaban J connectivity index is 0.000000265. The molecule has 1 aromatic carbocycles. The van der Waals surface area contributed by atoms with Crippen LogP contribution in [0.3, 0.4) is 0 Å². The fraction of sp³-hybridized carbons (Fsp3) is 0.500. The summed E-state index contributed by atoms with van der Waals surface area (Å²) in [6.07, 6.45) is 4.68. The summed E-state index contributed by atoms with van der Waals surface area (Å²) < 4.78 is 0. The highest BCUT2D eigenvalue weighted by atomic mass is 16.3. The molecular weight excluding hydrogens is 192 g/mol. The first kappa shape index (κ1) is 13.8. The Labute approximate surface area is 91.0 Å². The summed E-state index contributed by atoms with van der Waals surface area (Å²) >= 11 is 0. The number of hydrogen-bond donors (Lipinski definition) is 3. The Bertz CT molecular complexity index is 227. The molecule has 0 bridgehead atoms. The number of phenols is 2. The maximum atomic E-state index is 8.65. The third-order valence-corrected chi connectivity index (χ3v) is 1.84. The van der Waals surface area contributed by atoms with Crippen LogP contribution in [0.5, 0.6) is 11.5 Å². The number of aromatic hydroxyl groups is 2. The van der Waals surface area contributed by atoms with E-state index in [2.05, 4.69) is 6.92 Å². The third-order valence-electron chi connectivity index (χ3n) is 1.84. The van der Waals surface area contributed by atoms with Gasteiger partial charge in [0, 0.05) is 12.7 Å². The second kappa shape index (κ2) is 9.34. The first-order valence-electron chi connectivity index (χ1n) is 5.29. The van der Waals surface area contributed by atoms with Crippen molar-refractivity contribution in [2.75, 3.05) is 6.61 Å². The largest absolute Gasteiger partial charge is 0.508 e. The van der Waals surface area contributed by atoms with Gasteiger partial charge in [0.05, 0.1) is 0 Å². The van der Waals surface area contributed by atoms with Gasteiger partial charge >= 0.3 is 0 Å². The van der Waals surface area contributed by atoms with Crippen molar-refractivity contribution in [2.24, 2.45) is 0 Å². The summed E-state index contributed by atoms with van der Waals surface area (Å²) in [5.41, 5.74) is 0. The molecule has 0 aliphatic carbocycles. The van der Waals surface area contributed by atoms with Crippen molar-refractivity contribution < 1.29 is 15.3 Å². The zero-order valence-corrected chi connectivity index (χ0v) is 9.19. The molecular formula is C12H20O3. The van der Waals surface area contributed by atoms with Gasteiger partial charge in [-0.05, 0) is 18.6 Å². The van der Waals surface area contributed by atoms with Gasteiger partial charge in [-0.3, -0.25) is 0 Å². The predicted molar refractivity (Wildman–Crippen MR) is 61.0 cm³/mol. The van der Waals surface area contributed by atoms with Gasteiger partial charge in [0.2, 0.25) is 0 Å². The lowest BCUT2D eigenvalue weighted by molar-refractivity contribution is 0.283. The molecule has 0 fully saturated rings. The number of unbranched alkanes of at least 4 members (excludes halogenated alkanes) is 3. The van der Waals surface area contributed by atoms with Crippen LogP contribution in [0.1, 0.15) is 32.6 Å². The van der Waals surface area contributed by atoms with Crippen molar-refractivity contribution in [1.82, 2.24) is 0 Å². The Morgan fingerprint density at radius 2 is 1.60 bits per heavy atom. The van der Waals surface area contributed by atoms with Gasteiger partial charge in [0.15, 0.2) is 0 Å². The Hall–Kier alpha value is -1.22. The number of rotatable bonds is 4. The highest BCUT2D eigenvalue weighted by Gasteiger charge is 1.85. The van der Waals surface area contributed by atoms with Crippen molar-refractivity contribution in [1.29, 1.82) is 0 Å². The fourth-order valence-corrected chi connectivity index (χ4v) is 1.03. The summed E-state index contributed by atoms with van der Waals surface area (Å²) in [4.78, 5) is 0. The number of aliphatic hydroxyl groups is 1. The molecule has 3 heteroatoms.